The first kappa shape index (κ1) is 20.0. The lowest BCUT2D eigenvalue weighted by Gasteiger charge is -2.05. The molecule has 0 bridgehead atoms. The van der Waals surface area contributed by atoms with Gasteiger partial charge in [-0.15, -0.1) is 0 Å². The van der Waals surface area contributed by atoms with Crippen LogP contribution in [-0.2, 0) is 19.1 Å². The van der Waals surface area contributed by atoms with Gasteiger partial charge in [0, 0.05) is 12.6 Å². The number of likely N-dealkylation sites (N-methyl/N-ethyl adjacent to an activating group) is 1. The molecule has 2 aromatic rings. The summed E-state index contributed by atoms with van der Waals surface area (Å²) in [5.74, 6) is -0.702. The summed E-state index contributed by atoms with van der Waals surface area (Å²) in [5, 5.41) is 6.94. The molecule has 0 heterocycles. The molecule has 2 aromatic carbocycles. The van der Waals surface area contributed by atoms with Crippen molar-refractivity contribution in [2.45, 2.75) is 6.92 Å². The molecule has 2 amide bonds. The maximum Gasteiger partial charge on any atom is 0.331 e. The molecule has 0 fully saturated rings. The Labute approximate surface area is 157 Å². The maximum absolute atomic E-state index is 11.7. The molecule has 0 saturated heterocycles. The molecule has 2 rings (SSSR count). The van der Waals surface area contributed by atoms with Gasteiger partial charge >= 0.3 is 5.97 Å². The number of esters is 1. The second kappa shape index (κ2) is 9.96. The summed E-state index contributed by atoms with van der Waals surface area (Å²) in [7, 11) is 1.62. The lowest BCUT2D eigenvalue weighted by Crippen LogP contribution is -2.38. The highest BCUT2D eigenvalue weighted by molar-refractivity contribution is 5.92. The Morgan fingerprint density at radius 2 is 1.74 bits per heavy atom. The molecule has 0 radical (unpaired) electrons. The fraction of sp³-hybridized carbons (Fsp3) is 0.250. The smallest absolute Gasteiger partial charge is 0.331 e. The number of hydrogen-bond acceptors (Lipinski definition) is 5. The van der Waals surface area contributed by atoms with Crippen LogP contribution in [0.2, 0.25) is 0 Å². The monoisotopic (exact) mass is 370 g/mol. The number of hydrogen-bond donors (Lipinski definition) is 2. The molecule has 27 heavy (non-hydrogen) atoms. The second-order valence-electron chi connectivity index (χ2n) is 5.64. The first-order chi connectivity index (χ1) is 13.0. The minimum absolute atomic E-state index is 0.151. The van der Waals surface area contributed by atoms with E-state index < -0.39 is 18.5 Å². The average Bonchev–Trinajstić information content (AvgIpc) is 2.68. The first-order valence-electron chi connectivity index (χ1n) is 8.48. The van der Waals surface area contributed by atoms with Crippen molar-refractivity contribution in [2.75, 3.05) is 26.8 Å². The molecule has 0 aliphatic carbocycles. The maximum atomic E-state index is 11.7. The predicted octanol–water partition coefficient (Wildman–Crippen LogP) is 1.66. The Balaban J connectivity index is 1.84. The van der Waals surface area contributed by atoms with Crippen LogP contribution in [0.4, 0.5) is 0 Å². The van der Waals surface area contributed by atoms with Crippen LogP contribution in [0.15, 0.2) is 42.5 Å². The number of carbonyl (C=O) groups excluding carboxylic acids is 3. The van der Waals surface area contributed by atoms with E-state index >= 15 is 0 Å². The van der Waals surface area contributed by atoms with Crippen LogP contribution >= 0.6 is 0 Å². The summed E-state index contributed by atoms with van der Waals surface area (Å²) in [6, 6.07) is 11.4. The molecule has 0 aliphatic rings. The van der Waals surface area contributed by atoms with Crippen molar-refractivity contribution < 1.29 is 23.9 Å². The highest BCUT2D eigenvalue weighted by atomic mass is 16.5. The Hall–Kier alpha value is -3.35. The fourth-order valence-electron chi connectivity index (χ4n) is 2.31. The summed E-state index contributed by atoms with van der Waals surface area (Å²) in [5.41, 5.74) is 0.824. The number of amides is 2. The lowest BCUT2D eigenvalue weighted by atomic mass is 10.1. The molecule has 142 valence electrons. The average molecular weight is 370 g/mol. The van der Waals surface area contributed by atoms with E-state index in [1.807, 2.05) is 36.4 Å². The normalized spacial score (nSPS) is 10.6. The van der Waals surface area contributed by atoms with Gasteiger partial charge in [0.05, 0.1) is 13.7 Å². The Kier molecular flexibility index (Phi) is 7.37. The van der Waals surface area contributed by atoms with Gasteiger partial charge in [0.1, 0.15) is 5.75 Å². The number of fused-ring (bicyclic) bond motifs is 1. The van der Waals surface area contributed by atoms with Crippen LogP contribution in [0, 0.1) is 0 Å². The third-order valence-electron chi connectivity index (χ3n) is 3.65. The first-order valence-corrected chi connectivity index (χ1v) is 8.48. The van der Waals surface area contributed by atoms with E-state index in [4.69, 9.17) is 9.47 Å². The van der Waals surface area contributed by atoms with Crippen molar-refractivity contribution in [2.24, 2.45) is 0 Å². The number of nitrogens with one attached hydrogen (secondary N) is 2. The summed E-state index contributed by atoms with van der Waals surface area (Å²) < 4.78 is 10.0. The topological polar surface area (TPSA) is 93.7 Å². The SMILES string of the molecule is CCNC(=O)CNC(=O)COC(=O)/C=C/c1ccc2cc(OC)ccc2c1. The van der Waals surface area contributed by atoms with E-state index in [9.17, 15) is 14.4 Å². The van der Waals surface area contributed by atoms with Crippen LogP contribution in [-0.4, -0.2) is 44.6 Å². The van der Waals surface area contributed by atoms with Gasteiger partial charge in [-0.1, -0.05) is 18.2 Å². The second-order valence-corrected chi connectivity index (χ2v) is 5.64. The van der Waals surface area contributed by atoms with E-state index in [2.05, 4.69) is 10.6 Å². The molecule has 7 nitrogen and oxygen atoms in total. The van der Waals surface area contributed by atoms with Gasteiger partial charge in [-0.3, -0.25) is 9.59 Å². The van der Waals surface area contributed by atoms with Gasteiger partial charge in [0.15, 0.2) is 6.61 Å². The lowest BCUT2D eigenvalue weighted by molar-refractivity contribution is -0.143. The van der Waals surface area contributed by atoms with Crippen LogP contribution in [0.1, 0.15) is 12.5 Å². The van der Waals surface area contributed by atoms with E-state index in [1.54, 1.807) is 20.1 Å². The van der Waals surface area contributed by atoms with Crippen molar-refractivity contribution in [3.05, 3.63) is 48.0 Å². The molecule has 0 aromatic heterocycles. The van der Waals surface area contributed by atoms with Crippen molar-refractivity contribution in [3.63, 3.8) is 0 Å². The van der Waals surface area contributed by atoms with Gasteiger partial charge in [-0.2, -0.15) is 0 Å². The Morgan fingerprint density at radius 1 is 1.00 bits per heavy atom. The number of benzene rings is 2. The van der Waals surface area contributed by atoms with Crippen LogP contribution in [0.3, 0.4) is 0 Å². The molecule has 2 N–H and O–H groups in total. The van der Waals surface area contributed by atoms with Crippen molar-refractivity contribution in [1.29, 1.82) is 0 Å². The highest BCUT2D eigenvalue weighted by Gasteiger charge is 2.07. The third kappa shape index (κ3) is 6.47. The van der Waals surface area contributed by atoms with Crippen LogP contribution < -0.4 is 15.4 Å². The number of methoxy groups -OCH3 is 1. The quantitative estimate of drug-likeness (QED) is 0.544. The fourth-order valence-corrected chi connectivity index (χ4v) is 2.31. The molecular formula is C20H22N2O5. The van der Waals surface area contributed by atoms with Gasteiger partial charge in [0.25, 0.3) is 5.91 Å². The van der Waals surface area contributed by atoms with Gasteiger partial charge in [-0.25, -0.2) is 4.79 Å². The number of ether oxygens (including phenoxy) is 2. The molecule has 0 unspecified atom stereocenters. The molecule has 7 heteroatoms. The summed E-state index contributed by atoms with van der Waals surface area (Å²) in [6.45, 7) is 1.67. The standard InChI is InChI=1S/C20H22N2O5/c1-3-21-18(23)12-22-19(24)13-27-20(25)9-5-14-4-6-16-11-17(26-2)8-7-15(16)10-14/h4-11H,3,12-13H2,1-2H3,(H,21,23)(H,22,24)/b9-5+. The molecule has 0 saturated carbocycles. The summed E-state index contributed by atoms with van der Waals surface area (Å²) in [6.07, 6.45) is 2.86. The van der Waals surface area contributed by atoms with Crippen LogP contribution in [0.25, 0.3) is 16.8 Å². The van der Waals surface area contributed by atoms with E-state index in [1.165, 1.54) is 6.08 Å². The Bertz CT molecular complexity index is 861. The molecule has 0 atom stereocenters. The minimum atomic E-state index is -0.641. The zero-order valence-electron chi connectivity index (χ0n) is 15.3. The Morgan fingerprint density at radius 3 is 2.48 bits per heavy atom. The zero-order chi connectivity index (χ0) is 19.6. The zero-order valence-corrected chi connectivity index (χ0v) is 15.3. The third-order valence-corrected chi connectivity index (χ3v) is 3.65. The highest BCUT2D eigenvalue weighted by Crippen LogP contribution is 2.22. The summed E-state index contributed by atoms with van der Waals surface area (Å²) >= 11 is 0. The largest absolute Gasteiger partial charge is 0.497 e. The van der Waals surface area contributed by atoms with Crippen LogP contribution in [0.5, 0.6) is 5.75 Å². The minimum Gasteiger partial charge on any atom is -0.497 e. The van der Waals surface area contributed by atoms with Gasteiger partial charge in [0.2, 0.25) is 5.91 Å². The van der Waals surface area contributed by atoms with Crippen molar-refractivity contribution in [1.82, 2.24) is 10.6 Å². The number of carbonyl (C=O) groups is 3. The van der Waals surface area contributed by atoms with Gasteiger partial charge in [-0.05, 0) is 47.5 Å². The summed E-state index contributed by atoms with van der Waals surface area (Å²) in [4.78, 5) is 34.5. The van der Waals surface area contributed by atoms with E-state index in [0.717, 1.165) is 22.1 Å². The van der Waals surface area contributed by atoms with E-state index in [0.29, 0.717) is 6.54 Å². The molecular weight excluding hydrogens is 348 g/mol. The van der Waals surface area contributed by atoms with Crippen molar-refractivity contribution in [3.8, 4) is 5.75 Å². The van der Waals surface area contributed by atoms with Crippen molar-refractivity contribution >= 4 is 34.6 Å². The number of rotatable bonds is 8. The molecule has 0 spiro atoms. The molecule has 0 aliphatic heterocycles. The predicted molar refractivity (Wildman–Crippen MR) is 102 cm³/mol. The van der Waals surface area contributed by atoms with Gasteiger partial charge < -0.3 is 20.1 Å². The van der Waals surface area contributed by atoms with E-state index in [-0.39, 0.29) is 12.5 Å².